The first-order chi connectivity index (χ1) is 74.4. The van der Waals surface area contributed by atoms with Gasteiger partial charge >= 0.3 is 0 Å². The van der Waals surface area contributed by atoms with Gasteiger partial charge in [0.15, 0.2) is 5.58 Å². The Morgan fingerprint density at radius 2 is 0.387 bits per heavy atom. The molecule has 0 saturated carbocycles. The summed E-state index contributed by atoms with van der Waals surface area (Å²) in [5, 5.41) is 14.6. The van der Waals surface area contributed by atoms with Crippen molar-refractivity contribution in [2.24, 2.45) is 0 Å². The summed E-state index contributed by atoms with van der Waals surface area (Å²) in [5.41, 5.74) is 28.5. The minimum Gasteiger partial charge on any atom is -0.456 e. The lowest BCUT2D eigenvalue weighted by Gasteiger charge is -2.27. The second-order valence-electron chi connectivity index (χ2n) is 37.3. The summed E-state index contributed by atoms with van der Waals surface area (Å²) in [6, 6.07) is 199. The maximum absolute atomic E-state index is 6.51. The van der Waals surface area contributed by atoms with Crippen LogP contribution in [0.4, 0.5) is 102 Å². The standard InChI is InChI=1S/C48H32N2OS.C48H32N2S2.C42H28N2OS/c1-4-13-33(14-5-1)34-23-25-37(26-24-34)50(43-20-12-22-45-48(43)41-19-10-11-21-44(41)51-45)39-27-29-40-42-31-38(28-30-46(42)52-47(40)32-39)49(35-15-6-2-7-16-35)36-17-8-3-9-18-36;1-4-13-33(14-5-1)34-23-25-37(26-24-34)50(43-20-12-22-46-48(43)41-19-10-11-21-44(41)51-46)39-27-29-40-42-31-38(28-30-45(42)52-47(40)32-39)49(35-15-6-2-7-16-35)36-17-8-3-9-18-36;1-4-13-29(14-5-1)43(30-15-6-2-7-16-30)32-24-26-40-37(27-32)35-25-23-33(28-41(35)46-40)44(31-17-8-3-9-18-31)38-21-12-20-36-34-19-10-11-22-39(34)45-42(36)38/h2*1-32H;1-28H. The molecule has 710 valence electrons. The first-order valence-corrected chi connectivity index (χ1v) is 53.7. The van der Waals surface area contributed by atoms with Crippen LogP contribution in [0.3, 0.4) is 0 Å². The summed E-state index contributed by atoms with van der Waals surface area (Å²) < 4.78 is 23.0. The lowest BCUT2D eigenvalue weighted by molar-refractivity contribution is 0.668. The van der Waals surface area contributed by atoms with Crippen LogP contribution in [-0.4, -0.2) is 0 Å². The average molecular weight is 1990 g/mol. The second-order valence-corrected chi connectivity index (χ2v) is 41.7. The molecule has 23 aromatic carbocycles. The van der Waals surface area contributed by atoms with E-state index in [0.29, 0.717) is 0 Å². The van der Waals surface area contributed by atoms with Crippen molar-refractivity contribution in [3.63, 3.8) is 0 Å². The van der Waals surface area contributed by atoms with Crippen LogP contribution in [0.15, 0.2) is 567 Å². The molecular weight excluding hydrogens is 1900 g/mol. The third kappa shape index (κ3) is 17.0. The van der Waals surface area contributed by atoms with Gasteiger partial charge in [-0.15, -0.1) is 45.3 Å². The first kappa shape index (κ1) is 90.1. The number of nitrogens with zero attached hydrogens (tertiary/aromatic N) is 6. The molecule has 0 amide bonds. The van der Waals surface area contributed by atoms with Crippen LogP contribution < -0.4 is 29.4 Å². The number of fused-ring (bicyclic) bond motifs is 18. The van der Waals surface area contributed by atoms with Crippen LogP contribution in [0, 0.1) is 0 Å². The molecule has 0 N–H and O–H groups in total. The van der Waals surface area contributed by atoms with Crippen LogP contribution in [0.2, 0.25) is 0 Å². The van der Waals surface area contributed by atoms with Gasteiger partial charge in [-0.3, -0.25) is 0 Å². The monoisotopic (exact) mass is 1990 g/mol. The van der Waals surface area contributed by atoms with Gasteiger partial charge in [0.1, 0.15) is 16.7 Å². The van der Waals surface area contributed by atoms with Crippen LogP contribution in [-0.2, 0) is 0 Å². The van der Waals surface area contributed by atoms with E-state index in [4.69, 9.17) is 8.83 Å². The third-order valence-corrected chi connectivity index (χ3v) is 32.8. The molecular formula is C138H92N6O2S4. The first-order valence-electron chi connectivity index (χ1n) is 50.5. The molecule has 0 fully saturated rings. The summed E-state index contributed by atoms with van der Waals surface area (Å²) in [7, 11) is 0. The van der Waals surface area contributed by atoms with Crippen molar-refractivity contribution in [1.29, 1.82) is 0 Å². The Bertz CT molecular complexity index is 9470. The van der Waals surface area contributed by atoms with Crippen molar-refractivity contribution >= 4 is 272 Å². The van der Waals surface area contributed by atoms with Crippen molar-refractivity contribution in [1.82, 2.24) is 0 Å². The van der Waals surface area contributed by atoms with Crippen LogP contribution in [0.1, 0.15) is 0 Å². The number of hydrogen-bond donors (Lipinski definition) is 0. The second kappa shape index (κ2) is 39.4. The van der Waals surface area contributed by atoms with E-state index >= 15 is 0 Å². The van der Waals surface area contributed by atoms with E-state index < -0.39 is 0 Å². The quantitative estimate of drug-likeness (QED) is 0.0748. The number of para-hydroxylation sites is 10. The Morgan fingerprint density at radius 1 is 0.127 bits per heavy atom. The van der Waals surface area contributed by atoms with Crippen molar-refractivity contribution in [3.05, 3.63) is 558 Å². The fraction of sp³-hybridized carbons (Fsp3) is 0. The lowest BCUT2D eigenvalue weighted by Crippen LogP contribution is -2.10. The maximum Gasteiger partial charge on any atom is 0.159 e. The van der Waals surface area contributed by atoms with Crippen LogP contribution in [0.5, 0.6) is 0 Å². The summed E-state index contributed by atoms with van der Waals surface area (Å²) in [6.07, 6.45) is 0. The minimum absolute atomic E-state index is 0.876. The van der Waals surface area contributed by atoms with Crippen molar-refractivity contribution in [2.45, 2.75) is 0 Å². The largest absolute Gasteiger partial charge is 0.456 e. The van der Waals surface area contributed by atoms with E-state index in [1.54, 1.807) is 0 Å². The van der Waals surface area contributed by atoms with Crippen LogP contribution >= 0.6 is 45.3 Å². The number of furan rings is 2. The van der Waals surface area contributed by atoms with Crippen molar-refractivity contribution in [3.8, 4) is 22.3 Å². The van der Waals surface area contributed by atoms with E-state index in [0.717, 1.165) is 141 Å². The topological polar surface area (TPSA) is 45.7 Å². The lowest BCUT2D eigenvalue weighted by atomic mass is 10.0. The Hall–Kier alpha value is -18.7. The van der Waals surface area contributed by atoms with E-state index in [-0.39, 0.29) is 0 Å². The number of rotatable bonds is 20. The van der Waals surface area contributed by atoms with E-state index in [2.05, 4.69) is 563 Å². The number of benzene rings is 23. The fourth-order valence-corrected chi connectivity index (χ4v) is 25.9. The molecule has 0 bridgehead atoms. The zero-order valence-corrected chi connectivity index (χ0v) is 84.5. The predicted octanol–water partition coefficient (Wildman–Crippen LogP) is 42.5. The van der Waals surface area contributed by atoms with Crippen molar-refractivity contribution < 1.29 is 8.83 Å². The van der Waals surface area contributed by atoms with E-state index in [1.807, 2.05) is 69.6 Å². The molecule has 6 heterocycles. The molecule has 0 aliphatic carbocycles. The Kier molecular flexibility index (Phi) is 23.7. The normalized spacial score (nSPS) is 11.5. The van der Waals surface area contributed by atoms with E-state index in [1.165, 1.54) is 109 Å². The summed E-state index contributed by atoms with van der Waals surface area (Å²) in [4.78, 5) is 14.1. The molecule has 0 spiro atoms. The zero-order valence-electron chi connectivity index (χ0n) is 81.2. The van der Waals surface area contributed by atoms with Gasteiger partial charge in [0.05, 0.1) is 22.4 Å². The van der Waals surface area contributed by atoms with Gasteiger partial charge in [-0.2, -0.15) is 0 Å². The SMILES string of the molecule is c1ccc(-c2ccc(N(c3ccc4c(c3)sc3ccc(N(c5ccccc5)c5ccccc5)cc34)c3cccc4oc5ccccc5c34)cc2)cc1.c1ccc(-c2ccc(N(c3ccc4c(c3)sc3ccc(N(c5ccccc5)c5ccccc5)cc34)c3cccc4sc5ccccc5c34)cc2)cc1.c1ccc(N(c2ccccc2)c2ccc3sc4cc(N(c5ccccc5)c5cccc6c5oc5ccccc56)ccc4c3c2)cc1. The van der Waals surface area contributed by atoms with Gasteiger partial charge in [0.25, 0.3) is 0 Å². The smallest absolute Gasteiger partial charge is 0.159 e. The van der Waals surface area contributed by atoms with Gasteiger partial charge in [-0.05, 0) is 271 Å². The Balaban J connectivity index is 0.000000111. The van der Waals surface area contributed by atoms with Gasteiger partial charge in [-0.1, -0.05) is 309 Å². The molecule has 0 saturated heterocycles. The summed E-state index contributed by atoms with van der Waals surface area (Å²) in [5.74, 6) is 0. The number of hydrogen-bond acceptors (Lipinski definition) is 12. The van der Waals surface area contributed by atoms with Gasteiger partial charge < -0.3 is 38.2 Å². The van der Waals surface area contributed by atoms with E-state index in [9.17, 15) is 0 Å². The van der Waals surface area contributed by atoms with Crippen molar-refractivity contribution in [2.75, 3.05) is 29.4 Å². The summed E-state index contributed by atoms with van der Waals surface area (Å²) >= 11 is 7.39. The highest BCUT2D eigenvalue weighted by molar-refractivity contribution is 7.27. The highest BCUT2D eigenvalue weighted by Crippen LogP contribution is 2.54. The molecule has 29 rings (SSSR count). The van der Waals surface area contributed by atoms with Gasteiger partial charge in [0.2, 0.25) is 0 Å². The fourth-order valence-electron chi connectivity index (χ4n) is 21.4. The zero-order chi connectivity index (χ0) is 99.3. The Labute approximate surface area is 883 Å². The molecule has 0 aliphatic rings. The molecule has 8 nitrogen and oxygen atoms in total. The molecule has 0 radical (unpaired) electrons. The molecule has 29 aromatic rings. The molecule has 0 aliphatic heterocycles. The summed E-state index contributed by atoms with van der Waals surface area (Å²) in [6.45, 7) is 0. The average Bonchev–Trinajstić information content (AvgIpc) is 1.63. The molecule has 12 heteroatoms. The Morgan fingerprint density at radius 3 is 0.800 bits per heavy atom. The maximum atomic E-state index is 6.51. The predicted molar refractivity (Wildman–Crippen MR) is 644 cm³/mol. The van der Waals surface area contributed by atoms with Gasteiger partial charge in [-0.25, -0.2) is 0 Å². The van der Waals surface area contributed by atoms with Gasteiger partial charge in [0, 0.05) is 182 Å². The highest BCUT2D eigenvalue weighted by Gasteiger charge is 2.28. The van der Waals surface area contributed by atoms with Crippen LogP contribution in [0.25, 0.3) is 147 Å². The molecule has 150 heavy (non-hydrogen) atoms. The molecule has 6 aromatic heterocycles. The molecule has 0 unspecified atom stereocenters. The third-order valence-electron chi connectivity index (χ3n) is 28.3. The highest BCUT2D eigenvalue weighted by atomic mass is 32.1. The molecule has 0 atom stereocenters. The minimum atomic E-state index is 0.876. The number of anilines is 18. The number of thiophene rings is 4.